The number of nitrogens with one attached hydrogen (secondary N) is 1. The summed E-state index contributed by atoms with van der Waals surface area (Å²) in [6.45, 7) is 1.84. The van der Waals surface area contributed by atoms with Crippen molar-refractivity contribution in [2.75, 3.05) is 0 Å². The van der Waals surface area contributed by atoms with Crippen LogP contribution in [0.15, 0.2) is 82.8 Å². The first-order valence-electron chi connectivity index (χ1n) is 9.62. The Bertz CT molecular complexity index is 1250. The number of aryl methyl sites for hydroxylation is 1. The summed E-state index contributed by atoms with van der Waals surface area (Å²) < 4.78 is 68.0. The fourth-order valence-electron chi connectivity index (χ4n) is 2.75. The van der Waals surface area contributed by atoms with Crippen LogP contribution in [0.3, 0.4) is 0 Å². The third kappa shape index (κ3) is 6.91. The van der Waals surface area contributed by atoms with Crippen LogP contribution in [0.4, 0.5) is 13.2 Å². The highest BCUT2D eigenvalue weighted by molar-refractivity contribution is 7.87. The normalized spacial score (nSPS) is 12.0. The lowest BCUT2D eigenvalue weighted by Gasteiger charge is -2.08. The van der Waals surface area contributed by atoms with Gasteiger partial charge in [-0.25, -0.2) is 5.43 Å². The maximum absolute atomic E-state index is 12.7. The Morgan fingerprint density at radius 1 is 1.03 bits per heavy atom. The zero-order valence-electron chi connectivity index (χ0n) is 17.3. The molecule has 3 aromatic rings. The van der Waals surface area contributed by atoms with Gasteiger partial charge in [-0.05, 0) is 60.5 Å². The van der Waals surface area contributed by atoms with Crippen molar-refractivity contribution >= 4 is 22.2 Å². The third-order valence-corrected chi connectivity index (χ3v) is 5.68. The summed E-state index contributed by atoms with van der Waals surface area (Å²) in [4.78, 5) is 12.0. The van der Waals surface area contributed by atoms with E-state index in [1.165, 1.54) is 54.7 Å². The standard InChI is InChI=1S/C23H19F3N2O4S/c1-16-5-11-21(12-6-16)33(30,31)32-20-9-7-17(8-10-20)15-27-28-22(29)14-18-3-2-4-19(13-18)23(24,25)26/h2-13,15H,14H2,1H3,(H,28,29)/b27-15-. The lowest BCUT2D eigenvalue weighted by atomic mass is 10.1. The largest absolute Gasteiger partial charge is 0.416 e. The maximum atomic E-state index is 12.7. The number of alkyl halides is 3. The Morgan fingerprint density at radius 2 is 1.70 bits per heavy atom. The van der Waals surface area contributed by atoms with E-state index in [0.29, 0.717) is 5.56 Å². The minimum absolute atomic E-state index is 0.0298. The van der Waals surface area contributed by atoms with Crippen LogP contribution in [0.1, 0.15) is 22.3 Å². The molecule has 0 aliphatic heterocycles. The molecule has 6 nitrogen and oxygen atoms in total. The molecule has 0 atom stereocenters. The molecule has 1 N–H and O–H groups in total. The van der Waals surface area contributed by atoms with Crippen molar-refractivity contribution in [2.24, 2.45) is 5.10 Å². The van der Waals surface area contributed by atoms with Crippen molar-refractivity contribution in [3.63, 3.8) is 0 Å². The molecule has 0 heterocycles. The molecule has 0 radical (unpaired) electrons. The SMILES string of the molecule is Cc1ccc(S(=O)(=O)Oc2ccc(/C=N\NC(=O)Cc3cccc(C(F)(F)F)c3)cc2)cc1. The van der Waals surface area contributed by atoms with Crippen molar-refractivity contribution < 1.29 is 30.6 Å². The average molecular weight is 476 g/mol. The van der Waals surface area contributed by atoms with Gasteiger partial charge in [-0.1, -0.05) is 35.9 Å². The number of amides is 1. The van der Waals surface area contributed by atoms with Gasteiger partial charge in [-0.15, -0.1) is 0 Å². The summed E-state index contributed by atoms with van der Waals surface area (Å²) in [7, 11) is -3.97. The third-order valence-electron chi connectivity index (χ3n) is 4.42. The van der Waals surface area contributed by atoms with Crippen molar-refractivity contribution in [3.8, 4) is 5.75 Å². The van der Waals surface area contributed by atoms with E-state index >= 15 is 0 Å². The van der Waals surface area contributed by atoms with Gasteiger partial charge in [-0.3, -0.25) is 4.79 Å². The number of hydrogen-bond acceptors (Lipinski definition) is 5. The van der Waals surface area contributed by atoms with Gasteiger partial charge in [0.1, 0.15) is 10.6 Å². The Kier molecular flexibility index (Phi) is 7.17. The Hall–Kier alpha value is -3.66. The van der Waals surface area contributed by atoms with Crippen LogP contribution in [0, 0.1) is 6.92 Å². The Balaban J connectivity index is 1.56. The second-order valence-corrected chi connectivity index (χ2v) is 8.63. The molecule has 0 aromatic heterocycles. The molecule has 172 valence electrons. The van der Waals surface area contributed by atoms with E-state index in [-0.39, 0.29) is 22.6 Å². The van der Waals surface area contributed by atoms with Crippen LogP contribution < -0.4 is 9.61 Å². The van der Waals surface area contributed by atoms with E-state index in [2.05, 4.69) is 10.5 Å². The van der Waals surface area contributed by atoms with Gasteiger partial charge in [-0.2, -0.15) is 26.7 Å². The quantitative estimate of drug-likeness (QED) is 0.310. The lowest BCUT2D eigenvalue weighted by Crippen LogP contribution is -2.20. The first-order chi connectivity index (χ1) is 15.5. The van der Waals surface area contributed by atoms with Crippen LogP contribution in [0.25, 0.3) is 0 Å². The second kappa shape index (κ2) is 9.86. The average Bonchev–Trinajstić information content (AvgIpc) is 2.75. The van der Waals surface area contributed by atoms with Crippen LogP contribution in [0.5, 0.6) is 5.75 Å². The molecule has 0 bridgehead atoms. The van der Waals surface area contributed by atoms with E-state index in [0.717, 1.165) is 17.7 Å². The minimum Gasteiger partial charge on any atom is -0.379 e. The number of rotatable bonds is 7. The number of hydrogen-bond donors (Lipinski definition) is 1. The summed E-state index contributed by atoms with van der Waals surface area (Å²) in [5.74, 6) is -0.490. The topological polar surface area (TPSA) is 84.8 Å². The zero-order chi connectivity index (χ0) is 24.1. The molecule has 0 saturated heterocycles. The highest BCUT2D eigenvalue weighted by Gasteiger charge is 2.30. The van der Waals surface area contributed by atoms with Crippen molar-refractivity contribution in [2.45, 2.75) is 24.4 Å². The molecule has 33 heavy (non-hydrogen) atoms. The van der Waals surface area contributed by atoms with E-state index in [4.69, 9.17) is 4.18 Å². The van der Waals surface area contributed by atoms with Gasteiger partial charge >= 0.3 is 16.3 Å². The molecule has 3 aromatic carbocycles. The monoisotopic (exact) mass is 476 g/mol. The van der Waals surface area contributed by atoms with Gasteiger partial charge in [0, 0.05) is 0 Å². The van der Waals surface area contributed by atoms with Gasteiger partial charge in [0.2, 0.25) is 5.91 Å². The first kappa shape index (κ1) is 24.0. The molecule has 1 amide bonds. The molecule has 0 aliphatic rings. The molecule has 0 aliphatic carbocycles. The van der Waals surface area contributed by atoms with Crippen molar-refractivity contribution in [3.05, 3.63) is 95.1 Å². The van der Waals surface area contributed by atoms with E-state index in [1.807, 2.05) is 6.92 Å². The first-order valence-corrected chi connectivity index (χ1v) is 11.0. The highest BCUT2D eigenvalue weighted by Crippen LogP contribution is 2.29. The predicted octanol–water partition coefficient (Wildman–Crippen LogP) is 4.47. The van der Waals surface area contributed by atoms with Crippen LogP contribution in [-0.2, 0) is 27.5 Å². The van der Waals surface area contributed by atoms with Crippen molar-refractivity contribution in [1.29, 1.82) is 0 Å². The van der Waals surface area contributed by atoms with Crippen LogP contribution in [0.2, 0.25) is 0 Å². The number of hydrazone groups is 1. The smallest absolute Gasteiger partial charge is 0.379 e. The molecular formula is C23H19F3N2O4S. The van der Waals surface area contributed by atoms with Gasteiger partial charge in [0.25, 0.3) is 0 Å². The Labute approximate surface area is 188 Å². The molecule has 0 saturated carbocycles. The van der Waals surface area contributed by atoms with Crippen LogP contribution in [-0.4, -0.2) is 20.5 Å². The van der Waals surface area contributed by atoms with Crippen molar-refractivity contribution in [1.82, 2.24) is 5.43 Å². The predicted molar refractivity (Wildman–Crippen MR) is 116 cm³/mol. The van der Waals surface area contributed by atoms with Crippen LogP contribution >= 0.6 is 0 Å². The van der Waals surface area contributed by atoms with E-state index in [9.17, 15) is 26.4 Å². The van der Waals surface area contributed by atoms with Gasteiger partial charge < -0.3 is 4.18 Å². The fraction of sp³-hybridized carbons (Fsp3) is 0.130. The molecule has 10 heteroatoms. The molecule has 0 spiro atoms. The molecular weight excluding hydrogens is 457 g/mol. The highest BCUT2D eigenvalue weighted by atomic mass is 32.2. The lowest BCUT2D eigenvalue weighted by molar-refractivity contribution is -0.137. The number of halogens is 3. The summed E-state index contributed by atoms with van der Waals surface area (Å²) in [6.07, 6.45) is -3.45. The summed E-state index contributed by atoms with van der Waals surface area (Å²) in [5, 5.41) is 3.76. The summed E-state index contributed by atoms with van der Waals surface area (Å²) in [5.41, 5.74) is 3.06. The zero-order valence-corrected chi connectivity index (χ0v) is 18.2. The number of nitrogens with zero attached hydrogens (tertiary/aromatic N) is 1. The Morgan fingerprint density at radius 3 is 2.33 bits per heavy atom. The second-order valence-electron chi connectivity index (χ2n) is 7.09. The number of carbonyl (C=O) groups excluding carboxylic acids is 1. The fourth-order valence-corrected chi connectivity index (χ4v) is 3.68. The summed E-state index contributed by atoms with van der Waals surface area (Å²) >= 11 is 0. The molecule has 3 rings (SSSR count). The summed E-state index contributed by atoms with van der Waals surface area (Å²) in [6, 6.07) is 16.6. The van der Waals surface area contributed by atoms with E-state index < -0.39 is 27.8 Å². The van der Waals surface area contributed by atoms with Gasteiger partial charge in [0.15, 0.2) is 0 Å². The molecule has 0 fully saturated rings. The molecule has 0 unspecified atom stereocenters. The number of benzene rings is 3. The van der Waals surface area contributed by atoms with Gasteiger partial charge in [0.05, 0.1) is 18.2 Å². The van der Waals surface area contributed by atoms with E-state index in [1.54, 1.807) is 12.1 Å². The minimum atomic E-state index is -4.49. The number of carbonyl (C=O) groups is 1. The maximum Gasteiger partial charge on any atom is 0.416 e.